The van der Waals surface area contributed by atoms with Gasteiger partial charge in [-0.3, -0.25) is 0 Å². The Balaban J connectivity index is 2.24. The fraction of sp³-hybridized carbons (Fsp3) is 0.364. The van der Waals surface area contributed by atoms with Crippen LogP contribution in [0, 0.1) is 6.92 Å². The number of allylic oxidation sites excluding steroid dienone is 4. The Bertz CT molecular complexity index is 851. The topological polar surface area (TPSA) is 34.1 Å². The molecule has 0 amide bonds. The van der Waals surface area contributed by atoms with Gasteiger partial charge in [-0.05, 0) is 70.5 Å². The smallest absolute Gasteiger partial charge is 0.186 e. The summed E-state index contributed by atoms with van der Waals surface area (Å²) in [5.41, 5.74) is 3.62. The zero-order valence-corrected chi connectivity index (χ0v) is 17.7. The minimum absolute atomic E-state index is 0.400. The SMILES string of the molecule is CC(C)=CCC/C(C)=C/CC(c1cccs1)S(=O)(=O)c1ccc(C)cc1. The molecule has 0 spiro atoms. The first-order chi connectivity index (χ1) is 12.3. The van der Waals surface area contributed by atoms with Crippen LogP contribution in [0.3, 0.4) is 0 Å². The van der Waals surface area contributed by atoms with Crippen molar-refractivity contribution in [3.8, 4) is 0 Å². The highest BCUT2D eigenvalue weighted by Crippen LogP contribution is 2.35. The highest BCUT2D eigenvalue weighted by Gasteiger charge is 2.29. The summed E-state index contributed by atoms with van der Waals surface area (Å²) in [4.78, 5) is 1.30. The molecule has 0 aliphatic carbocycles. The maximum atomic E-state index is 13.2. The Labute approximate surface area is 162 Å². The first kappa shape index (κ1) is 20.7. The second kappa shape index (κ2) is 9.33. The maximum Gasteiger partial charge on any atom is 0.186 e. The molecule has 0 bridgehead atoms. The van der Waals surface area contributed by atoms with E-state index in [1.54, 1.807) is 12.1 Å². The number of aryl methyl sites for hydroxylation is 1. The summed E-state index contributed by atoms with van der Waals surface area (Å²) in [5.74, 6) is 0. The summed E-state index contributed by atoms with van der Waals surface area (Å²) >= 11 is 1.51. The van der Waals surface area contributed by atoms with E-state index in [4.69, 9.17) is 0 Å². The van der Waals surface area contributed by atoms with Crippen molar-refractivity contribution in [2.24, 2.45) is 0 Å². The minimum atomic E-state index is -3.42. The van der Waals surface area contributed by atoms with Crippen LogP contribution in [0.15, 0.2) is 70.0 Å². The van der Waals surface area contributed by atoms with Crippen molar-refractivity contribution in [2.45, 2.75) is 57.1 Å². The van der Waals surface area contributed by atoms with Gasteiger partial charge in [0.25, 0.3) is 0 Å². The summed E-state index contributed by atoms with van der Waals surface area (Å²) in [6.07, 6.45) is 6.79. The molecule has 1 unspecified atom stereocenters. The Morgan fingerprint density at radius 1 is 1.08 bits per heavy atom. The Morgan fingerprint density at radius 2 is 1.77 bits per heavy atom. The van der Waals surface area contributed by atoms with Gasteiger partial charge in [-0.15, -0.1) is 11.3 Å². The predicted molar refractivity (Wildman–Crippen MR) is 112 cm³/mol. The fourth-order valence-corrected chi connectivity index (χ4v) is 5.61. The van der Waals surface area contributed by atoms with E-state index < -0.39 is 15.1 Å². The summed E-state index contributed by atoms with van der Waals surface area (Å²) in [6.45, 7) is 8.24. The van der Waals surface area contributed by atoms with Crippen LogP contribution in [-0.4, -0.2) is 8.42 Å². The van der Waals surface area contributed by atoms with E-state index in [1.807, 2.05) is 36.6 Å². The van der Waals surface area contributed by atoms with Gasteiger partial charge in [-0.1, -0.05) is 47.1 Å². The molecule has 1 aromatic heterocycles. The summed E-state index contributed by atoms with van der Waals surface area (Å²) in [6, 6.07) is 11.0. The van der Waals surface area contributed by atoms with Crippen molar-refractivity contribution < 1.29 is 8.42 Å². The zero-order valence-electron chi connectivity index (χ0n) is 16.0. The van der Waals surface area contributed by atoms with E-state index in [2.05, 4.69) is 32.9 Å². The van der Waals surface area contributed by atoms with Crippen LogP contribution in [0.1, 0.15) is 55.7 Å². The third-order valence-electron chi connectivity index (χ3n) is 4.36. The van der Waals surface area contributed by atoms with Crippen LogP contribution in [0.5, 0.6) is 0 Å². The molecule has 0 radical (unpaired) electrons. The number of hydrogen-bond acceptors (Lipinski definition) is 3. The lowest BCUT2D eigenvalue weighted by atomic mass is 10.1. The third kappa shape index (κ3) is 5.68. The molecule has 0 saturated carbocycles. The highest BCUT2D eigenvalue weighted by molar-refractivity contribution is 7.91. The molecule has 0 aliphatic heterocycles. The lowest BCUT2D eigenvalue weighted by Gasteiger charge is -2.16. The minimum Gasteiger partial charge on any atom is -0.223 e. The monoisotopic (exact) mass is 388 g/mol. The van der Waals surface area contributed by atoms with Gasteiger partial charge in [0.05, 0.1) is 4.90 Å². The van der Waals surface area contributed by atoms with Crippen molar-refractivity contribution in [2.75, 3.05) is 0 Å². The first-order valence-electron chi connectivity index (χ1n) is 8.93. The molecule has 2 aromatic rings. The number of sulfone groups is 1. The van der Waals surface area contributed by atoms with Crippen molar-refractivity contribution >= 4 is 21.2 Å². The van der Waals surface area contributed by atoms with Gasteiger partial charge >= 0.3 is 0 Å². The lowest BCUT2D eigenvalue weighted by Crippen LogP contribution is -2.12. The summed E-state index contributed by atoms with van der Waals surface area (Å²) in [7, 11) is -3.42. The van der Waals surface area contributed by atoms with E-state index in [9.17, 15) is 8.42 Å². The van der Waals surface area contributed by atoms with Crippen LogP contribution in [0.4, 0.5) is 0 Å². The molecule has 1 atom stereocenters. The van der Waals surface area contributed by atoms with Gasteiger partial charge in [0, 0.05) is 4.88 Å². The molecule has 0 saturated heterocycles. The molecule has 1 aromatic carbocycles. The maximum absolute atomic E-state index is 13.2. The molecule has 140 valence electrons. The summed E-state index contributed by atoms with van der Waals surface area (Å²) < 4.78 is 26.5. The highest BCUT2D eigenvalue weighted by atomic mass is 32.2. The van der Waals surface area contributed by atoms with Gasteiger partial charge in [-0.25, -0.2) is 8.42 Å². The molecule has 4 heteroatoms. The second-order valence-corrected chi connectivity index (χ2v) is 10.1. The molecule has 2 nitrogen and oxygen atoms in total. The van der Waals surface area contributed by atoms with Crippen LogP contribution >= 0.6 is 11.3 Å². The van der Waals surface area contributed by atoms with Crippen molar-refractivity contribution in [3.63, 3.8) is 0 Å². The molecule has 0 aliphatic rings. The number of hydrogen-bond donors (Lipinski definition) is 0. The molecule has 26 heavy (non-hydrogen) atoms. The third-order valence-corrected chi connectivity index (χ3v) is 7.62. The van der Waals surface area contributed by atoms with Gasteiger partial charge in [0.15, 0.2) is 9.84 Å². The van der Waals surface area contributed by atoms with Crippen molar-refractivity contribution in [1.82, 2.24) is 0 Å². The van der Waals surface area contributed by atoms with Crippen molar-refractivity contribution in [3.05, 3.63) is 75.5 Å². The Hall–Kier alpha value is -1.65. The zero-order chi connectivity index (χ0) is 19.2. The number of thiophene rings is 1. The van der Waals surface area contributed by atoms with E-state index in [-0.39, 0.29) is 0 Å². The summed E-state index contributed by atoms with van der Waals surface area (Å²) in [5, 5.41) is 1.42. The number of rotatable bonds is 8. The van der Waals surface area contributed by atoms with Gasteiger partial charge < -0.3 is 0 Å². The van der Waals surface area contributed by atoms with Crippen LogP contribution in [0.25, 0.3) is 0 Å². The van der Waals surface area contributed by atoms with Crippen molar-refractivity contribution in [1.29, 1.82) is 0 Å². The van der Waals surface area contributed by atoms with Crippen LogP contribution in [-0.2, 0) is 9.84 Å². The Morgan fingerprint density at radius 3 is 2.35 bits per heavy atom. The van der Waals surface area contributed by atoms with E-state index in [1.165, 1.54) is 22.5 Å². The average molecular weight is 389 g/mol. The van der Waals surface area contributed by atoms with Crippen LogP contribution < -0.4 is 0 Å². The van der Waals surface area contributed by atoms with E-state index in [0.29, 0.717) is 11.3 Å². The second-order valence-electron chi connectivity index (χ2n) is 6.97. The van der Waals surface area contributed by atoms with Gasteiger partial charge in [-0.2, -0.15) is 0 Å². The predicted octanol–water partition coefficient (Wildman–Crippen LogP) is 6.65. The lowest BCUT2D eigenvalue weighted by molar-refractivity contribution is 0.583. The first-order valence-corrected chi connectivity index (χ1v) is 11.4. The molecular weight excluding hydrogens is 360 g/mol. The quantitative estimate of drug-likeness (QED) is 0.474. The Kier molecular flexibility index (Phi) is 7.42. The molecule has 0 N–H and O–H groups in total. The average Bonchev–Trinajstić information content (AvgIpc) is 3.09. The number of benzene rings is 1. The molecule has 2 rings (SSSR count). The normalized spacial score (nSPS) is 13.5. The molecule has 1 heterocycles. The van der Waals surface area contributed by atoms with E-state index in [0.717, 1.165) is 23.3 Å². The van der Waals surface area contributed by atoms with Crippen LogP contribution in [0.2, 0.25) is 0 Å². The van der Waals surface area contributed by atoms with Gasteiger partial charge in [0.1, 0.15) is 5.25 Å². The van der Waals surface area contributed by atoms with Gasteiger partial charge in [0.2, 0.25) is 0 Å². The standard InChI is InChI=1S/C22H28O2S2/c1-17(2)7-5-8-18(3)12-15-22(21-9-6-16-25-21)26(23,24)20-13-10-19(4)11-14-20/h6-7,9-14,16,22H,5,8,15H2,1-4H3/b18-12+. The van der Waals surface area contributed by atoms with E-state index >= 15 is 0 Å². The fourth-order valence-electron chi connectivity index (χ4n) is 2.76. The molecule has 0 fully saturated rings. The molecular formula is C22H28O2S2. The largest absolute Gasteiger partial charge is 0.223 e.